The van der Waals surface area contributed by atoms with Crippen molar-refractivity contribution in [1.82, 2.24) is 0 Å². The molecule has 4 nitrogen and oxygen atoms in total. The molecule has 0 unspecified atom stereocenters. The summed E-state index contributed by atoms with van der Waals surface area (Å²) >= 11 is 0. The summed E-state index contributed by atoms with van der Waals surface area (Å²) in [6.45, 7) is 2.17. The Bertz CT molecular complexity index is 349. The molecular weight excluding hydrogens is 208 g/mol. The number of ether oxygens (including phenoxy) is 3. The highest BCUT2D eigenvalue weighted by Crippen LogP contribution is 2.15. The second-order valence-electron chi connectivity index (χ2n) is 3.36. The van der Waals surface area contributed by atoms with Gasteiger partial charge in [0.25, 0.3) is 0 Å². The molecule has 88 valence electrons. The van der Waals surface area contributed by atoms with Gasteiger partial charge in [0.2, 0.25) is 0 Å². The Balaban J connectivity index is 2.66. The quantitative estimate of drug-likeness (QED) is 0.715. The zero-order valence-corrected chi connectivity index (χ0v) is 9.73. The lowest BCUT2D eigenvalue weighted by Crippen LogP contribution is -2.24. The third-order valence-corrected chi connectivity index (χ3v) is 2.06. The number of hydrogen-bond donors (Lipinski definition) is 0. The minimum Gasteiger partial charge on any atom is -0.479 e. The number of carbonyl (C=O) groups excluding carboxylic acids is 1. The molecule has 1 atom stereocenters. The van der Waals surface area contributed by atoms with Gasteiger partial charge in [-0.2, -0.15) is 0 Å². The van der Waals surface area contributed by atoms with Gasteiger partial charge in [0.1, 0.15) is 5.75 Å². The lowest BCUT2D eigenvalue weighted by Gasteiger charge is -2.12. The molecule has 0 heterocycles. The van der Waals surface area contributed by atoms with E-state index in [1.807, 2.05) is 18.2 Å². The number of esters is 1. The van der Waals surface area contributed by atoms with E-state index in [0.717, 1.165) is 5.56 Å². The van der Waals surface area contributed by atoms with Crippen LogP contribution in [0.1, 0.15) is 12.5 Å². The molecule has 0 aliphatic heterocycles. The summed E-state index contributed by atoms with van der Waals surface area (Å²) in [5, 5.41) is 0. The molecule has 0 aromatic heterocycles. The SMILES string of the molecule is COCc1cccc(O[C@H](C)C(=O)OC)c1. The van der Waals surface area contributed by atoms with Crippen molar-refractivity contribution in [2.24, 2.45) is 0 Å². The first-order valence-electron chi connectivity index (χ1n) is 4.99. The summed E-state index contributed by atoms with van der Waals surface area (Å²) in [4.78, 5) is 11.2. The molecule has 0 radical (unpaired) electrons. The molecule has 0 saturated heterocycles. The van der Waals surface area contributed by atoms with Crippen molar-refractivity contribution in [2.45, 2.75) is 19.6 Å². The van der Waals surface area contributed by atoms with Crippen LogP contribution in [0, 0.1) is 0 Å². The van der Waals surface area contributed by atoms with Gasteiger partial charge >= 0.3 is 5.97 Å². The highest BCUT2D eigenvalue weighted by molar-refractivity contribution is 5.74. The van der Waals surface area contributed by atoms with Crippen molar-refractivity contribution in [3.63, 3.8) is 0 Å². The Morgan fingerprint density at radius 3 is 2.75 bits per heavy atom. The number of benzene rings is 1. The second kappa shape index (κ2) is 6.12. The number of hydrogen-bond acceptors (Lipinski definition) is 4. The predicted octanol–water partition coefficient (Wildman–Crippen LogP) is 1.77. The van der Waals surface area contributed by atoms with Gasteiger partial charge in [0.05, 0.1) is 13.7 Å². The molecule has 1 aromatic rings. The highest BCUT2D eigenvalue weighted by Gasteiger charge is 2.14. The average Bonchev–Trinajstić information content (AvgIpc) is 2.29. The monoisotopic (exact) mass is 224 g/mol. The normalized spacial score (nSPS) is 11.9. The van der Waals surface area contributed by atoms with Gasteiger partial charge < -0.3 is 14.2 Å². The third kappa shape index (κ3) is 3.55. The second-order valence-corrected chi connectivity index (χ2v) is 3.36. The summed E-state index contributed by atoms with van der Waals surface area (Å²) < 4.78 is 15.0. The van der Waals surface area contributed by atoms with E-state index < -0.39 is 12.1 Å². The van der Waals surface area contributed by atoms with Gasteiger partial charge in [-0.15, -0.1) is 0 Å². The minimum atomic E-state index is -0.609. The van der Waals surface area contributed by atoms with E-state index in [1.54, 1.807) is 20.1 Å². The van der Waals surface area contributed by atoms with Gasteiger partial charge in [-0.25, -0.2) is 4.79 Å². The molecule has 0 fully saturated rings. The summed E-state index contributed by atoms with van der Waals surface area (Å²) in [6, 6.07) is 7.41. The van der Waals surface area contributed by atoms with Crippen LogP contribution in [0.2, 0.25) is 0 Å². The molecule has 0 aliphatic rings. The van der Waals surface area contributed by atoms with Gasteiger partial charge in [-0.3, -0.25) is 0 Å². The lowest BCUT2D eigenvalue weighted by molar-refractivity contribution is -0.147. The Morgan fingerprint density at radius 1 is 1.38 bits per heavy atom. The van der Waals surface area contributed by atoms with Crippen LogP contribution in [0.3, 0.4) is 0 Å². The van der Waals surface area contributed by atoms with Crippen LogP contribution in [0.25, 0.3) is 0 Å². The van der Waals surface area contributed by atoms with Crippen molar-refractivity contribution < 1.29 is 19.0 Å². The van der Waals surface area contributed by atoms with Crippen LogP contribution in [0.5, 0.6) is 5.75 Å². The first-order chi connectivity index (χ1) is 7.67. The lowest BCUT2D eigenvalue weighted by atomic mass is 10.2. The smallest absolute Gasteiger partial charge is 0.346 e. The first kappa shape index (κ1) is 12.5. The molecular formula is C12H16O4. The largest absolute Gasteiger partial charge is 0.479 e. The molecule has 1 aromatic carbocycles. The molecule has 0 saturated carbocycles. The maximum absolute atomic E-state index is 11.2. The molecule has 16 heavy (non-hydrogen) atoms. The van der Waals surface area contributed by atoms with Crippen LogP contribution in [0.15, 0.2) is 24.3 Å². The molecule has 0 N–H and O–H groups in total. The molecule has 0 bridgehead atoms. The molecule has 1 rings (SSSR count). The Kier molecular flexibility index (Phi) is 4.79. The fraction of sp³-hybridized carbons (Fsp3) is 0.417. The third-order valence-electron chi connectivity index (χ3n) is 2.06. The molecule has 4 heteroatoms. The van der Waals surface area contributed by atoms with Crippen molar-refractivity contribution >= 4 is 5.97 Å². The van der Waals surface area contributed by atoms with Crippen LogP contribution in [0.4, 0.5) is 0 Å². The fourth-order valence-corrected chi connectivity index (χ4v) is 1.29. The minimum absolute atomic E-state index is 0.392. The molecule has 0 amide bonds. The van der Waals surface area contributed by atoms with Crippen molar-refractivity contribution in [3.05, 3.63) is 29.8 Å². The van der Waals surface area contributed by atoms with Gasteiger partial charge in [0.15, 0.2) is 6.10 Å². The van der Waals surface area contributed by atoms with E-state index in [0.29, 0.717) is 12.4 Å². The summed E-state index contributed by atoms with van der Waals surface area (Å²) in [5.74, 6) is 0.240. The number of carbonyl (C=O) groups is 1. The van der Waals surface area contributed by atoms with E-state index in [9.17, 15) is 4.79 Å². The van der Waals surface area contributed by atoms with Crippen molar-refractivity contribution in [2.75, 3.05) is 14.2 Å². The van der Waals surface area contributed by atoms with Crippen LogP contribution >= 0.6 is 0 Å². The maximum atomic E-state index is 11.2. The number of methoxy groups -OCH3 is 2. The standard InChI is InChI=1S/C12H16O4/c1-9(12(13)15-3)16-11-6-4-5-10(7-11)8-14-2/h4-7,9H,8H2,1-3H3/t9-/m1/s1. The summed E-state index contributed by atoms with van der Waals surface area (Å²) in [5.41, 5.74) is 0.997. The van der Waals surface area contributed by atoms with E-state index in [2.05, 4.69) is 4.74 Å². The number of rotatable bonds is 5. The van der Waals surface area contributed by atoms with E-state index >= 15 is 0 Å². The zero-order chi connectivity index (χ0) is 12.0. The van der Waals surface area contributed by atoms with E-state index in [1.165, 1.54) is 7.11 Å². The molecule has 0 aliphatic carbocycles. The van der Waals surface area contributed by atoms with Gasteiger partial charge in [0, 0.05) is 7.11 Å². The van der Waals surface area contributed by atoms with E-state index in [4.69, 9.17) is 9.47 Å². The topological polar surface area (TPSA) is 44.8 Å². The maximum Gasteiger partial charge on any atom is 0.346 e. The van der Waals surface area contributed by atoms with Gasteiger partial charge in [-0.05, 0) is 24.6 Å². The zero-order valence-electron chi connectivity index (χ0n) is 9.73. The van der Waals surface area contributed by atoms with E-state index in [-0.39, 0.29) is 0 Å². The van der Waals surface area contributed by atoms with Crippen molar-refractivity contribution in [3.8, 4) is 5.75 Å². The summed E-state index contributed by atoms with van der Waals surface area (Å²) in [7, 11) is 2.97. The summed E-state index contributed by atoms with van der Waals surface area (Å²) in [6.07, 6.45) is -0.609. The van der Waals surface area contributed by atoms with Crippen LogP contribution in [-0.2, 0) is 20.9 Å². The fourth-order valence-electron chi connectivity index (χ4n) is 1.29. The van der Waals surface area contributed by atoms with Crippen LogP contribution in [-0.4, -0.2) is 26.3 Å². The predicted molar refractivity (Wildman–Crippen MR) is 59.3 cm³/mol. The Morgan fingerprint density at radius 2 is 2.12 bits per heavy atom. The first-order valence-corrected chi connectivity index (χ1v) is 4.99. The average molecular weight is 224 g/mol. The van der Waals surface area contributed by atoms with Crippen LogP contribution < -0.4 is 4.74 Å². The molecule has 0 spiro atoms. The van der Waals surface area contributed by atoms with Crippen molar-refractivity contribution in [1.29, 1.82) is 0 Å². The highest BCUT2D eigenvalue weighted by atomic mass is 16.6. The van der Waals surface area contributed by atoms with Gasteiger partial charge in [-0.1, -0.05) is 12.1 Å². The Hall–Kier alpha value is -1.55. The Labute approximate surface area is 95.1 Å².